The highest BCUT2D eigenvalue weighted by atomic mass is 32.1. The largest absolute Gasteiger partial charge is 0.308 e. The van der Waals surface area contributed by atoms with Gasteiger partial charge < -0.3 is 5.32 Å². The summed E-state index contributed by atoms with van der Waals surface area (Å²) in [5.41, 5.74) is 2.97. The van der Waals surface area contributed by atoms with Gasteiger partial charge in [-0.2, -0.15) is 5.10 Å². The number of aryl methyl sites for hydroxylation is 1. The molecule has 0 saturated heterocycles. The fourth-order valence-corrected chi connectivity index (χ4v) is 2.49. The second kappa shape index (κ2) is 6.61. The summed E-state index contributed by atoms with van der Waals surface area (Å²) in [6, 6.07) is 0.228. The van der Waals surface area contributed by atoms with Crippen molar-refractivity contribution in [3.8, 4) is 0 Å². The number of hydrogen-bond donors (Lipinski definition) is 1. The van der Waals surface area contributed by atoms with E-state index in [9.17, 15) is 0 Å². The van der Waals surface area contributed by atoms with E-state index in [4.69, 9.17) is 0 Å². The molecule has 2 rings (SSSR count). The van der Waals surface area contributed by atoms with Crippen LogP contribution in [0.25, 0.3) is 0 Å². The Morgan fingerprint density at radius 1 is 1.39 bits per heavy atom. The Balaban J connectivity index is 2.10. The molecule has 1 atom stereocenters. The summed E-state index contributed by atoms with van der Waals surface area (Å²) in [5.74, 6) is 1.01. The topological polar surface area (TPSA) is 55.6 Å². The van der Waals surface area contributed by atoms with Crippen LogP contribution in [0.3, 0.4) is 0 Å². The van der Waals surface area contributed by atoms with Crippen LogP contribution in [0.5, 0.6) is 0 Å². The molecule has 0 fully saturated rings. The van der Waals surface area contributed by atoms with Gasteiger partial charge in [-0.25, -0.2) is 9.97 Å². The minimum Gasteiger partial charge on any atom is -0.308 e. The second-order valence-electron chi connectivity index (χ2n) is 4.12. The number of thiazole rings is 1. The first-order valence-corrected chi connectivity index (χ1v) is 7.27. The lowest BCUT2D eigenvalue weighted by Gasteiger charge is -2.16. The molecule has 0 aliphatic heterocycles. The fourth-order valence-electron chi connectivity index (χ4n) is 1.89. The zero-order chi connectivity index (χ0) is 12.8. The smallest absolute Gasteiger partial charge is 0.138 e. The van der Waals surface area contributed by atoms with Gasteiger partial charge in [0, 0.05) is 18.3 Å². The van der Waals surface area contributed by atoms with Crippen LogP contribution in [0.1, 0.15) is 37.8 Å². The molecule has 2 heterocycles. The van der Waals surface area contributed by atoms with Crippen molar-refractivity contribution >= 4 is 11.3 Å². The molecule has 0 bridgehead atoms. The van der Waals surface area contributed by atoms with Crippen molar-refractivity contribution in [1.82, 2.24) is 25.1 Å². The van der Waals surface area contributed by atoms with Crippen molar-refractivity contribution in [1.29, 1.82) is 0 Å². The van der Waals surface area contributed by atoms with Gasteiger partial charge in [0.1, 0.15) is 12.2 Å². The third kappa shape index (κ3) is 3.14. The lowest BCUT2D eigenvalue weighted by molar-refractivity contribution is 0.489. The molecule has 0 aliphatic rings. The summed E-state index contributed by atoms with van der Waals surface area (Å²) >= 11 is 1.63. The Hall–Kier alpha value is -1.27. The monoisotopic (exact) mass is 265 g/mol. The molecule has 5 nitrogen and oxygen atoms in total. The Morgan fingerprint density at radius 2 is 2.28 bits per heavy atom. The van der Waals surface area contributed by atoms with E-state index in [-0.39, 0.29) is 6.04 Å². The summed E-state index contributed by atoms with van der Waals surface area (Å²) in [6.45, 7) is 6.09. The molecule has 0 amide bonds. The summed E-state index contributed by atoms with van der Waals surface area (Å²) in [5, 5.41) is 9.83. The summed E-state index contributed by atoms with van der Waals surface area (Å²) in [7, 11) is 0. The molecular formula is C12H19N5S. The van der Waals surface area contributed by atoms with E-state index in [1.165, 1.54) is 0 Å². The maximum absolute atomic E-state index is 4.40. The van der Waals surface area contributed by atoms with E-state index in [1.807, 2.05) is 10.2 Å². The van der Waals surface area contributed by atoms with Crippen LogP contribution < -0.4 is 5.32 Å². The molecule has 1 unspecified atom stereocenters. The maximum Gasteiger partial charge on any atom is 0.138 e. The molecular weight excluding hydrogens is 246 g/mol. The lowest BCUT2D eigenvalue weighted by atomic mass is 10.1. The summed E-state index contributed by atoms with van der Waals surface area (Å²) in [6.07, 6.45) is 3.56. The fraction of sp³-hybridized carbons (Fsp3) is 0.583. The molecule has 0 saturated carbocycles. The zero-order valence-corrected chi connectivity index (χ0v) is 11.7. The van der Waals surface area contributed by atoms with Gasteiger partial charge in [0.05, 0.1) is 17.2 Å². The first kappa shape index (κ1) is 13.2. The van der Waals surface area contributed by atoms with E-state index >= 15 is 0 Å². The van der Waals surface area contributed by atoms with E-state index in [0.29, 0.717) is 0 Å². The van der Waals surface area contributed by atoms with E-state index in [2.05, 4.69) is 39.6 Å². The van der Waals surface area contributed by atoms with Crippen molar-refractivity contribution in [2.24, 2.45) is 0 Å². The van der Waals surface area contributed by atoms with Crippen LogP contribution in [0, 0.1) is 0 Å². The second-order valence-corrected chi connectivity index (χ2v) is 4.83. The molecule has 2 aromatic heterocycles. The van der Waals surface area contributed by atoms with Gasteiger partial charge in [0.2, 0.25) is 0 Å². The third-order valence-corrected chi connectivity index (χ3v) is 3.44. The summed E-state index contributed by atoms with van der Waals surface area (Å²) < 4.78 is 1.94. The van der Waals surface area contributed by atoms with Gasteiger partial charge in [0.25, 0.3) is 0 Å². The quantitative estimate of drug-likeness (QED) is 0.832. The average molecular weight is 265 g/mol. The van der Waals surface area contributed by atoms with Gasteiger partial charge in [-0.05, 0) is 19.9 Å². The first-order valence-electron chi connectivity index (χ1n) is 6.33. The van der Waals surface area contributed by atoms with E-state index in [1.54, 1.807) is 17.7 Å². The minimum absolute atomic E-state index is 0.228. The SMILES string of the molecule is CCCNC(Cc1ncnn1CC)c1cscn1. The Morgan fingerprint density at radius 3 is 2.94 bits per heavy atom. The highest BCUT2D eigenvalue weighted by molar-refractivity contribution is 7.07. The van der Waals surface area contributed by atoms with Crippen LogP contribution in [0.2, 0.25) is 0 Å². The molecule has 18 heavy (non-hydrogen) atoms. The van der Waals surface area contributed by atoms with Crippen molar-refractivity contribution < 1.29 is 0 Å². The van der Waals surface area contributed by atoms with Crippen molar-refractivity contribution in [3.63, 3.8) is 0 Å². The predicted octanol–water partition coefficient (Wildman–Crippen LogP) is 2.04. The molecule has 6 heteroatoms. The first-order chi connectivity index (χ1) is 8.85. The molecule has 0 aliphatic carbocycles. The predicted molar refractivity (Wildman–Crippen MR) is 72.5 cm³/mol. The van der Waals surface area contributed by atoms with Gasteiger partial charge in [0.15, 0.2) is 0 Å². The van der Waals surface area contributed by atoms with Crippen molar-refractivity contribution in [3.05, 3.63) is 28.7 Å². The van der Waals surface area contributed by atoms with Gasteiger partial charge in [-0.15, -0.1) is 11.3 Å². The standard InChI is InChI=1S/C12H19N5S/c1-3-5-13-10(11-7-18-9-15-11)6-12-14-8-16-17(12)4-2/h7-10,13H,3-6H2,1-2H3. The van der Waals surface area contributed by atoms with Gasteiger partial charge in [-0.3, -0.25) is 4.68 Å². The van der Waals surface area contributed by atoms with Gasteiger partial charge >= 0.3 is 0 Å². The van der Waals surface area contributed by atoms with E-state index in [0.717, 1.165) is 37.4 Å². The number of rotatable bonds is 7. The van der Waals surface area contributed by atoms with E-state index < -0.39 is 0 Å². The van der Waals surface area contributed by atoms with Crippen LogP contribution in [-0.4, -0.2) is 26.3 Å². The molecule has 0 aromatic carbocycles. The van der Waals surface area contributed by atoms with Crippen LogP contribution >= 0.6 is 11.3 Å². The number of aromatic nitrogens is 4. The van der Waals surface area contributed by atoms with Gasteiger partial charge in [-0.1, -0.05) is 6.92 Å². The minimum atomic E-state index is 0.228. The third-order valence-electron chi connectivity index (χ3n) is 2.83. The van der Waals surface area contributed by atoms with Crippen LogP contribution in [-0.2, 0) is 13.0 Å². The highest BCUT2D eigenvalue weighted by Gasteiger charge is 2.16. The number of nitrogens with one attached hydrogen (secondary N) is 1. The van der Waals surface area contributed by atoms with Crippen molar-refractivity contribution in [2.75, 3.05) is 6.54 Å². The number of hydrogen-bond acceptors (Lipinski definition) is 5. The van der Waals surface area contributed by atoms with Crippen LogP contribution in [0.4, 0.5) is 0 Å². The normalized spacial score (nSPS) is 12.8. The average Bonchev–Trinajstić information content (AvgIpc) is 3.04. The van der Waals surface area contributed by atoms with Crippen molar-refractivity contribution in [2.45, 2.75) is 39.3 Å². The lowest BCUT2D eigenvalue weighted by Crippen LogP contribution is -2.25. The molecule has 98 valence electrons. The highest BCUT2D eigenvalue weighted by Crippen LogP contribution is 2.17. The maximum atomic E-state index is 4.40. The Bertz CT molecular complexity index is 451. The van der Waals surface area contributed by atoms with Crippen LogP contribution in [0.15, 0.2) is 17.2 Å². The molecule has 0 spiro atoms. The molecule has 0 radical (unpaired) electrons. The Labute approximate surface area is 111 Å². The number of nitrogens with zero attached hydrogens (tertiary/aromatic N) is 4. The molecule has 1 N–H and O–H groups in total. The summed E-state index contributed by atoms with van der Waals surface area (Å²) in [4.78, 5) is 8.74. The zero-order valence-electron chi connectivity index (χ0n) is 10.8. The Kier molecular flexibility index (Phi) is 4.83. The molecule has 2 aromatic rings.